The number of likely N-dealkylation sites (tertiary alicyclic amines) is 1. The van der Waals surface area contributed by atoms with Gasteiger partial charge in [0.2, 0.25) is 0 Å². The van der Waals surface area contributed by atoms with Crippen molar-refractivity contribution in [1.82, 2.24) is 4.90 Å². The van der Waals surface area contributed by atoms with Crippen LogP contribution in [0.4, 0.5) is 0 Å². The molecule has 1 aliphatic rings. The lowest BCUT2D eigenvalue weighted by atomic mass is 10.1. The molecule has 2 rings (SSSR count). The quantitative estimate of drug-likeness (QED) is 0.820. The van der Waals surface area contributed by atoms with Crippen molar-refractivity contribution in [3.05, 3.63) is 29.8 Å². The summed E-state index contributed by atoms with van der Waals surface area (Å²) in [7, 11) is 0. The lowest BCUT2D eigenvalue weighted by Crippen LogP contribution is -2.30. The first-order valence-electron chi connectivity index (χ1n) is 6.67. The van der Waals surface area contributed by atoms with Gasteiger partial charge in [-0.25, -0.2) is 0 Å². The van der Waals surface area contributed by atoms with Gasteiger partial charge in [-0.2, -0.15) is 5.26 Å². The normalized spacial score (nSPS) is 23.2. The number of β-amino-alcohol motifs (C(OH)–C–C–N with tert-alkyl or cyclic N) is 1. The molecule has 102 valence electrons. The molecule has 1 aromatic carbocycles. The Balaban J connectivity index is 1.72. The molecule has 19 heavy (non-hydrogen) atoms. The number of aliphatic hydroxyl groups is 1. The zero-order valence-electron chi connectivity index (χ0n) is 11.3. The topological polar surface area (TPSA) is 56.5 Å². The summed E-state index contributed by atoms with van der Waals surface area (Å²) in [5, 5.41) is 18.8. The third-order valence-electron chi connectivity index (χ3n) is 3.41. The molecule has 1 aliphatic heterocycles. The van der Waals surface area contributed by atoms with Crippen molar-refractivity contribution in [1.29, 1.82) is 5.26 Å². The molecule has 0 saturated carbocycles. The van der Waals surface area contributed by atoms with Crippen LogP contribution in [0.25, 0.3) is 0 Å². The lowest BCUT2D eigenvalue weighted by Gasteiger charge is -2.18. The van der Waals surface area contributed by atoms with Crippen LogP contribution >= 0.6 is 0 Å². The fourth-order valence-electron chi connectivity index (χ4n) is 2.38. The first-order valence-corrected chi connectivity index (χ1v) is 6.67. The van der Waals surface area contributed by atoms with Gasteiger partial charge >= 0.3 is 0 Å². The van der Waals surface area contributed by atoms with Crippen LogP contribution in [0.3, 0.4) is 0 Å². The maximum Gasteiger partial charge on any atom is 0.137 e. The van der Waals surface area contributed by atoms with Crippen LogP contribution in [0.1, 0.15) is 25.3 Å². The van der Waals surface area contributed by atoms with Crippen LogP contribution in [0.15, 0.2) is 24.3 Å². The molecule has 4 heteroatoms. The Kier molecular flexibility index (Phi) is 4.41. The zero-order chi connectivity index (χ0) is 13.7. The van der Waals surface area contributed by atoms with Gasteiger partial charge in [0.25, 0.3) is 0 Å². The van der Waals surface area contributed by atoms with Crippen LogP contribution in [0.5, 0.6) is 5.75 Å². The highest BCUT2D eigenvalue weighted by atomic mass is 16.5. The molecular weight excluding hydrogens is 240 g/mol. The SMILES string of the molecule is CC1(O)CCN(CCCOc2ccccc2C#N)C1. The van der Waals surface area contributed by atoms with Crippen molar-refractivity contribution in [2.45, 2.75) is 25.4 Å². The number of nitrogens with zero attached hydrogens (tertiary/aromatic N) is 2. The molecule has 1 N–H and O–H groups in total. The van der Waals surface area contributed by atoms with E-state index >= 15 is 0 Å². The van der Waals surface area contributed by atoms with E-state index in [2.05, 4.69) is 11.0 Å². The van der Waals surface area contributed by atoms with E-state index in [0.717, 1.165) is 32.5 Å². The number of ether oxygens (including phenoxy) is 1. The molecule has 1 unspecified atom stereocenters. The van der Waals surface area contributed by atoms with Gasteiger partial charge in [0.15, 0.2) is 0 Å². The standard InChI is InChI=1S/C15H20N2O2/c1-15(18)7-9-17(12-15)8-4-10-19-14-6-3-2-5-13(14)11-16/h2-3,5-6,18H,4,7-10,12H2,1H3. The summed E-state index contributed by atoms with van der Waals surface area (Å²) in [5.74, 6) is 0.651. The second kappa shape index (κ2) is 6.05. The minimum absolute atomic E-state index is 0.533. The van der Waals surface area contributed by atoms with Gasteiger partial charge in [0.05, 0.1) is 17.8 Å². The van der Waals surface area contributed by atoms with Crippen LogP contribution in [-0.4, -0.2) is 41.8 Å². The number of para-hydroxylation sites is 1. The second-order valence-electron chi connectivity index (χ2n) is 5.33. The van der Waals surface area contributed by atoms with E-state index < -0.39 is 5.60 Å². The summed E-state index contributed by atoms with van der Waals surface area (Å²) >= 11 is 0. The number of nitriles is 1. The fraction of sp³-hybridized carbons (Fsp3) is 0.533. The number of hydrogen-bond donors (Lipinski definition) is 1. The van der Waals surface area contributed by atoms with Crippen molar-refractivity contribution >= 4 is 0 Å². The van der Waals surface area contributed by atoms with Crippen molar-refractivity contribution in [3.8, 4) is 11.8 Å². The summed E-state index contributed by atoms with van der Waals surface area (Å²) in [6.45, 7) is 5.08. The molecule has 0 aromatic heterocycles. The summed E-state index contributed by atoms with van der Waals surface area (Å²) in [6, 6.07) is 9.40. The Hall–Kier alpha value is -1.57. The molecule has 4 nitrogen and oxygen atoms in total. The highest BCUT2D eigenvalue weighted by Crippen LogP contribution is 2.20. The largest absolute Gasteiger partial charge is 0.492 e. The molecular formula is C15H20N2O2. The summed E-state index contributed by atoms with van der Waals surface area (Å²) in [6.07, 6.45) is 1.74. The summed E-state index contributed by atoms with van der Waals surface area (Å²) < 4.78 is 5.63. The summed E-state index contributed by atoms with van der Waals surface area (Å²) in [5.41, 5.74) is 0.0421. The number of rotatable bonds is 5. The van der Waals surface area contributed by atoms with E-state index in [1.54, 1.807) is 6.07 Å². The molecule has 0 aliphatic carbocycles. The van der Waals surface area contributed by atoms with E-state index in [1.807, 2.05) is 25.1 Å². The maximum atomic E-state index is 9.86. The highest BCUT2D eigenvalue weighted by Gasteiger charge is 2.30. The van der Waals surface area contributed by atoms with Crippen molar-refractivity contribution < 1.29 is 9.84 Å². The van der Waals surface area contributed by atoms with Gasteiger partial charge in [-0.05, 0) is 31.9 Å². The predicted octanol–water partition coefficient (Wildman–Crippen LogP) is 1.78. The van der Waals surface area contributed by atoms with E-state index in [-0.39, 0.29) is 0 Å². The first-order chi connectivity index (χ1) is 9.11. The fourth-order valence-corrected chi connectivity index (χ4v) is 2.38. The van der Waals surface area contributed by atoms with Gasteiger partial charge in [-0.1, -0.05) is 12.1 Å². The zero-order valence-corrected chi connectivity index (χ0v) is 11.3. The lowest BCUT2D eigenvalue weighted by molar-refractivity contribution is 0.0681. The van der Waals surface area contributed by atoms with Gasteiger partial charge in [0, 0.05) is 19.6 Å². The van der Waals surface area contributed by atoms with E-state index in [0.29, 0.717) is 17.9 Å². The molecule has 1 atom stereocenters. The molecule has 0 radical (unpaired) electrons. The summed E-state index contributed by atoms with van der Waals surface area (Å²) in [4.78, 5) is 2.25. The maximum absolute atomic E-state index is 9.86. The second-order valence-corrected chi connectivity index (χ2v) is 5.33. The smallest absolute Gasteiger partial charge is 0.137 e. The Morgan fingerprint density at radius 1 is 1.47 bits per heavy atom. The van der Waals surface area contributed by atoms with Crippen LogP contribution in [0, 0.1) is 11.3 Å². The Morgan fingerprint density at radius 2 is 2.26 bits per heavy atom. The van der Waals surface area contributed by atoms with Crippen LogP contribution in [-0.2, 0) is 0 Å². The molecule has 1 heterocycles. The van der Waals surface area contributed by atoms with Crippen LogP contribution in [0.2, 0.25) is 0 Å². The van der Waals surface area contributed by atoms with Crippen LogP contribution < -0.4 is 4.74 Å². The number of benzene rings is 1. The minimum atomic E-state index is -0.533. The number of hydrogen-bond acceptors (Lipinski definition) is 4. The van der Waals surface area contributed by atoms with Gasteiger partial charge in [0.1, 0.15) is 11.8 Å². The molecule has 0 spiro atoms. The van der Waals surface area contributed by atoms with Crippen molar-refractivity contribution in [3.63, 3.8) is 0 Å². The molecule has 1 fully saturated rings. The van der Waals surface area contributed by atoms with Crippen molar-refractivity contribution in [2.75, 3.05) is 26.2 Å². The van der Waals surface area contributed by atoms with E-state index in [9.17, 15) is 5.11 Å². The van der Waals surface area contributed by atoms with E-state index in [1.165, 1.54) is 0 Å². The van der Waals surface area contributed by atoms with Gasteiger partial charge in [-0.15, -0.1) is 0 Å². The average Bonchev–Trinajstić information content (AvgIpc) is 2.75. The predicted molar refractivity (Wildman–Crippen MR) is 72.9 cm³/mol. The third-order valence-corrected chi connectivity index (χ3v) is 3.41. The molecule has 0 bridgehead atoms. The Bertz CT molecular complexity index is 465. The molecule has 1 aromatic rings. The molecule has 0 amide bonds. The third kappa shape index (κ3) is 3.95. The van der Waals surface area contributed by atoms with Gasteiger partial charge < -0.3 is 14.7 Å². The monoisotopic (exact) mass is 260 g/mol. The Morgan fingerprint density at radius 3 is 2.95 bits per heavy atom. The van der Waals surface area contributed by atoms with E-state index in [4.69, 9.17) is 10.00 Å². The van der Waals surface area contributed by atoms with Gasteiger partial charge in [-0.3, -0.25) is 0 Å². The highest BCUT2D eigenvalue weighted by molar-refractivity contribution is 5.42. The minimum Gasteiger partial charge on any atom is -0.492 e. The average molecular weight is 260 g/mol. The van der Waals surface area contributed by atoms with Crippen molar-refractivity contribution in [2.24, 2.45) is 0 Å². The first kappa shape index (κ1) is 13.9. The molecule has 1 saturated heterocycles. The Labute approximate surface area is 114 Å².